The lowest BCUT2D eigenvalue weighted by atomic mass is 10.2. The van der Waals surface area contributed by atoms with Gasteiger partial charge >= 0.3 is 0 Å². The largest absolute Gasteiger partial charge is 0.495 e. The van der Waals surface area contributed by atoms with E-state index in [1.807, 2.05) is 18.2 Å². The Kier molecular flexibility index (Phi) is 5.89. The van der Waals surface area contributed by atoms with E-state index >= 15 is 0 Å². The Morgan fingerprint density at radius 1 is 1.24 bits per heavy atom. The van der Waals surface area contributed by atoms with E-state index in [0.717, 1.165) is 29.8 Å². The maximum absolute atomic E-state index is 12.1. The average Bonchev–Trinajstić information content (AvgIpc) is 3.02. The summed E-state index contributed by atoms with van der Waals surface area (Å²) in [4.78, 5) is 16.7. The Morgan fingerprint density at radius 2 is 2.08 bits per heavy atom. The first-order valence-electron chi connectivity index (χ1n) is 8.13. The van der Waals surface area contributed by atoms with Gasteiger partial charge in [-0.05, 0) is 49.6 Å². The lowest BCUT2D eigenvalue weighted by Gasteiger charge is -2.10. The van der Waals surface area contributed by atoms with Crippen molar-refractivity contribution in [3.63, 3.8) is 0 Å². The smallest absolute Gasteiger partial charge is 0.224 e. The zero-order valence-corrected chi connectivity index (χ0v) is 15.5. The number of carbonyl (C=O) groups is 1. The van der Waals surface area contributed by atoms with Gasteiger partial charge in [-0.1, -0.05) is 23.7 Å². The molecular weight excluding hydrogens is 356 g/mol. The highest BCUT2D eigenvalue weighted by Crippen LogP contribution is 2.28. The van der Waals surface area contributed by atoms with E-state index in [2.05, 4.69) is 16.4 Å². The van der Waals surface area contributed by atoms with Crippen LogP contribution in [0.1, 0.15) is 24.3 Å². The molecule has 0 radical (unpaired) electrons. The number of nitrogens with one attached hydrogen (secondary N) is 1. The van der Waals surface area contributed by atoms with Crippen molar-refractivity contribution < 1.29 is 9.53 Å². The molecule has 0 fully saturated rings. The molecule has 0 aliphatic heterocycles. The first-order valence-corrected chi connectivity index (χ1v) is 9.33. The van der Waals surface area contributed by atoms with Crippen molar-refractivity contribution in [3.05, 3.63) is 52.5 Å². The van der Waals surface area contributed by atoms with E-state index in [-0.39, 0.29) is 5.91 Å². The minimum absolute atomic E-state index is 0.0372. The number of anilines is 1. The molecule has 1 heterocycles. The number of rotatable bonds is 7. The second-order valence-corrected chi connectivity index (χ2v) is 7.23. The third-order valence-electron chi connectivity index (χ3n) is 3.82. The molecule has 0 saturated heterocycles. The number of hydrogen-bond acceptors (Lipinski definition) is 4. The zero-order valence-electron chi connectivity index (χ0n) is 13.9. The summed E-state index contributed by atoms with van der Waals surface area (Å²) in [5, 5.41) is 4.55. The molecule has 2 aromatic carbocycles. The fraction of sp³-hybridized carbons (Fsp3) is 0.263. The maximum Gasteiger partial charge on any atom is 0.224 e. The second kappa shape index (κ2) is 8.32. The lowest BCUT2D eigenvalue weighted by Crippen LogP contribution is -2.12. The van der Waals surface area contributed by atoms with Crippen LogP contribution in [-0.2, 0) is 11.2 Å². The van der Waals surface area contributed by atoms with Crippen molar-refractivity contribution in [1.29, 1.82) is 0 Å². The number of hydrogen-bond donors (Lipinski definition) is 1. The predicted molar refractivity (Wildman–Crippen MR) is 104 cm³/mol. The Labute approximate surface area is 155 Å². The van der Waals surface area contributed by atoms with E-state index in [4.69, 9.17) is 16.3 Å². The van der Waals surface area contributed by atoms with Crippen molar-refractivity contribution in [1.82, 2.24) is 4.98 Å². The van der Waals surface area contributed by atoms with Gasteiger partial charge in [0.25, 0.3) is 0 Å². The zero-order chi connectivity index (χ0) is 17.6. The minimum Gasteiger partial charge on any atom is -0.495 e. The van der Waals surface area contributed by atoms with Crippen LogP contribution < -0.4 is 10.1 Å². The van der Waals surface area contributed by atoms with Crippen LogP contribution in [0.2, 0.25) is 5.02 Å². The van der Waals surface area contributed by atoms with Gasteiger partial charge in [-0.25, -0.2) is 4.98 Å². The molecule has 0 saturated carbocycles. The highest BCUT2D eigenvalue weighted by Gasteiger charge is 2.09. The molecule has 0 aliphatic rings. The number of aromatic nitrogens is 1. The van der Waals surface area contributed by atoms with Crippen LogP contribution in [-0.4, -0.2) is 18.0 Å². The van der Waals surface area contributed by atoms with Gasteiger partial charge in [0.2, 0.25) is 5.91 Å². The molecule has 130 valence electrons. The molecule has 0 bridgehead atoms. The second-order valence-electron chi connectivity index (χ2n) is 5.68. The van der Waals surface area contributed by atoms with Gasteiger partial charge in [0, 0.05) is 11.4 Å². The average molecular weight is 375 g/mol. The molecule has 4 nitrogen and oxygen atoms in total. The highest BCUT2D eigenvalue weighted by molar-refractivity contribution is 7.18. The van der Waals surface area contributed by atoms with Crippen LogP contribution in [0.4, 0.5) is 5.69 Å². The van der Waals surface area contributed by atoms with Crippen molar-refractivity contribution in [3.8, 4) is 5.75 Å². The van der Waals surface area contributed by atoms with Crippen LogP contribution in [0.5, 0.6) is 5.75 Å². The Balaban J connectivity index is 1.47. The normalized spacial score (nSPS) is 10.8. The van der Waals surface area contributed by atoms with Crippen molar-refractivity contribution in [2.45, 2.75) is 25.7 Å². The number of carbonyl (C=O) groups excluding carboxylic acids is 1. The van der Waals surface area contributed by atoms with Crippen LogP contribution >= 0.6 is 22.9 Å². The van der Waals surface area contributed by atoms with Crippen LogP contribution in [0.25, 0.3) is 10.2 Å². The highest BCUT2D eigenvalue weighted by atomic mass is 35.5. The Bertz CT molecular complexity index is 846. The number of amides is 1. The summed E-state index contributed by atoms with van der Waals surface area (Å²) in [6.45, 7) is 0. The van der Waals surface area contributed by atoms with Crippen molar-refractivity contribution in [2.75, 3.05) is 12.4 Å². The summed E-state index contributed by atoms with van der Waals surface area (Å²) in [5.74, 6) is 0.567. The standard InChI is InChI=1S/C19H19ClN2O2S/c1-24-16-11-10-13(20)12-15(16)21-18(23)8-4-5-9-19-22-14-6-2-3-7-17(14)25-19/h2-3,6-7,10-12H,4-5,8-9H2,1H3,(H,21,23). The van der Waals surface area contributed by atoms with E-state index < -0.39 is 0 Å². The molecule has 3 rings (SSSR count). The quantitative estimate of drug-likeness (QED) is 0.570. The molecule has 0 aliphatic carbocycles. The number of unbranched alkanes of at least 4 members (excludes halogenated alkanes) is 1. The first-order chi connectivity index (χ1) is 12.2. The molecule has 0 unspecified atom stereocenters. The molecule has 1 N–H and O–H groups in total. The number of halogens is 1. The number of aryl methyl sites for hydroxylation is 1. The molecule has 25 heavy (non-hydrogen) atoms. The van der Waals surface area contributed by atoms with Crippen LogP contribution in [0.3, 0.4) is 0 Å². The number of para-hydroxylation sites is 1. The molecule has 0 atom stereocenters. The van der Waals surface area contributed by atoms with E-state index in [9.17, 15) is 4.79 Å². The minimum atomic E-state index is -0.0372. The van der Waals surface area contributed by atoms with Crippen LogP contribution in [0.15, 0.2) is 42.5 Å². The Morgan fingerprint density at radius 3 is 2.88 bits per heavy atom. The monoisotopic (exact) mass is 374 g/mol. The number of benzene rings is 2. The van der Waals surface area contributed by atoms with Crippen LogP contribution in [0, 0.1) is 0 Å². The summed E-state index contributed by atoms with van der Waals surface area (Å²) in [6.07, 6.45) is 3.10. The van der Waals surface area contributed by atoms with Gasteiger partial charge in [0.15, 0.2) is 0 Å². The Hall–Kier alpha value is -2.11. The van der Waals surface area contributed by atoms with Gasteiger partial charge < -0.3 is 10.1 Å². The molecular formula is C19H19ClN2O2S. The topological polar surface area (TPSA) is 51.2 Å². The first kappa shape index (κ1) is 17.7. The third-order valence-corrected chi connectivity index (χ3v) is 5.15. The van der Waals surface area contributed by atoms with Crippen molar-refractivity contribution >= 4 is 44.7 Å². The summed E-state index contributed by atoms with van der Waals surface area (Å²) in [5.41, 5.74) is 1.65. The summed E-state index contributed by atoms with van der Waals surface area (Å²) < 4.78 is 6.44. The van der Waals surface area contributed by atoms with Gasteiger partial charge in [0.05, 0.1) is 28.0 Å². The number of methoxy groups -OCH3 is 1. The lowest BCUT2D eigenvalue weighted by molar-refractivity contribution is -0.116. The molecule has 3 aromatic rings. The van der Waals surface area contributed by atoms with E-state index in [1.54, 1.807) is 36.6 Å². The number of nitrogens with zero attached hydrogens (tertiary/aromatic N) is 1. The summed E-state index contributed by atoms with van der Waals surface area (Å²) in [7, 11) is 1.57. The van der Waals surface area contributed by atoms with E-state index in [0.29, 0.717) is 22.9 Å². The molecule has 0 spiro atoms. The molecule has 6 heteroatoms. The van der Waals surface area contributed by atoms with Gasteiger partial charge in [-0.15, -0.1) is 11.3 Å². The fourth-order valence-electron chi connectivity index (χ4n) is 2.58. The SMILES string of the molecule is COc1ccc(Cl)cc1NC(=O)CCCCc1nc2ccccc2s1. The number of ether oxygens (including phenoxy) is 1. The number of fused-ring (bicyclic) bond motifs is 1. The van der Waals surface area contributed by atoms with Gasteiger partial charge in [0.1, 0.15) is 5.75 Å². The molecule has 1 aromatic heterocycles. The fourth-order valence-corrected chi connectivity index (χ4v) is 3.76. The summed E-state index contributed by atoms with van der Waals surface area (Å²) >= 11 is 7.70. The van der Waals surface area contributed by atoms with Crippen molar-refractivity contribution in [2.24, 2.45) is 0 Å². The number of thiazole rings is 1. The van der Waals surface area contributed by atoms with E-state index in [1.165, 1.54) is 4.70 Å². The predicted octanol–water partition coefficient (Wildman–Crippen LogP) is 5.31. The maximum atomic E-state index is 12.1. The third kappa shape index (κ3) is 4.71. The summed E-state index contributed by atoms with van der Waals surface area (Å²) in [6, 6.07) is 13.3. The van der Waals surface area contributed by atoms with Gasteiger partial charge in [-0.3, -0.25) is 4.79 Å². The van der Waals surface area contributed by atoms with Gasteiger partial charge in [-0.2, -0.15) is 0 Å². The molecule has 1 amide bonds.